The molecule has 0 amide bonds. The van der Waals surface area contributed by atoms with Crippen molar-refractivity contribution in [1.82, 2.24) is 0 Å². The van der Waals surface area contributed by atoms with Gasteiger partial charge in [-0.2, -0.15) is 0 Å². The lowest BCUT2D eigenvalue weighted by Gasteiger charge is -2.62. The molecule has 0 aromatic heterocycles. The summed E-state index contributed by atoms with van der Waals surface area (Å²) in [6.07, 6.45) is 12.5. The minimum atomic E-state index is -0.164. The van der Waals surface area contributed by atoms with Crippen molar-refractivity contribution in [3.63, 3.8) is 0 Å². The van der Waals surface area contributed by atoms with Crippen LogP contribution in [0.3, 0.4) is 0 Å². The number of aliphatic hydroxyl groups excluding tert-OH is 3. The first-order valence-electron chi connectivity index (χ1n) is 13.2. The lowest BCUT2D eigenvalue weighted by atomic mass is 9.43. The van der Waals surface area contributed by atoms with Crippen LogP contribution in [0.25, 0.3) is 0 Å². The Kier molecular flexibility index (Phi) is 6.66. The first-order valence-corrected chi connectivity index (χ1v) is 13.2. The monoisotopic (exact) mass is 420 g/mol. The summed E-state index contributed by atoms with van der Waals surface area (Å²) in [5, 5.41) is 30.9. The summed E-state index contributed by atoms with van der Waals surface area (Å²) in [6, 6.07) is 0. The van der Waals surface area contributed by atoms with E-state index in [0.717, 1.165) is 43.9 Å². The Hall–Kier alpha value is -0.120. The highest BCUT2D eigenvalue weighted by Crippen LogP contribution is 2.68. The molecule has 0 bridgehead atoms. The van der Waals surface area contributed by atoms with Gasteiger partial charge in [0, 0.05) is 6.61 Å². The van der Waals surface area contributed by atoms with Crippen molar-refractivity contribution in [2.45, 2.75) is 111 Å². The van der Waals surface area contributed by atoms with Crippen LogP contribution in [0.5, 0.6) is 0 Å². The molecule has 4 fully saturated rings. The third kappa shape index (κ3) is 3.79. The van der Waals surface area contributed by atoms with E-state index in [2.05, 4.69) is 27.7 Å². The van der Waals surface area contributed by atoms with Crippen molar-refractivity contribution in [2.24, 2.45) is 52.3 Å². The Morgan fingerprint density at radius 3 is 2.30 bits per heavy atom. The van der Waals surface area contributed by atoms with Crippen LogP contribution in [-0.2, 0) is 0 Å². The van der Waals surface area contributed by atoms with Gasteiger partial charge >= 0.3 is 0 Å². The van der Waals surface area contributed by atoms with Crippen LogP contribution in [0.4, 0.5) is 0 Å². The SMILES string of the molecule is CC(CO)CCCC(C)C1CCC2C3C(CCC12C)C1(C)CC[C@@H](O)CC1C[C@H]3O. The van der Waals surface area contributed by atoms with E-state index in [-0.39, 0.29) is 12.2 Å². The standard InChI is InChI=1S/C27H48O3/c1-17(16-28)6-5-7-18(2)21-8-9-22-25-23(11-13-27(21,22)4)26(3)12-10-20(29)14-19(26)15-24(25)30/h17-25,28-30H,5-16H2,1-4H3/t17?,18?,19?,20-,21?,22?,23?,24-,25?,26?,27?/m1/s1. The lowest BCUT2D eigenvalue weighted by molar-refractivity contribution is -0.174. The molecule has 0 aromatic carbocycles. The zero-order valence-corrected chi connectivity index (χ0v) is 20.0. The molecule has 3 N–H and O–H groups in total. The second-order valence-electron chi connectivity index (χ2n) is 12.6. The molecule has 4 saturated carbocycles. The highest BCUT2D eigenvalue weighted by atomic mass is 16.3. The fourth-order valence-electron chi connectivity index (χ4n) is 9.26. The first-order chi connectivity index (χ1) is 14.2. The third-order valence-electron chi connectivity index (χ3n) is 11.1. The van der Waals surface area contributed by atoms with E-state index in [9.17, 15) is 15.3 Å². The second-order valence-corrected chi connectivity index (χ2v) is 12.6. The van der Waals surface area contributed by atoms with E-state index in [0.29, 0.717) is 47.0 Å². The largest absolute Gasteiger partial charge is 0.396 e. The van der Waals surface area contributed by atoms with E-state index in [1.54, 1.807) is 0 Å². The number of fused-ring (bicyclic) bond motifs is 5. The maximum absolute atomic E-state index is 11.4. The highest BCUT2D eigenvalue weighted by molar-refractivity contribution is 5.11. The molecule has 4 aliphatic carbocycles. The molecule has 0 heterocycles. The molecular formula is C27H48O3. The lowest BCUT2D eigenvalue weighted by Crippen LogP contribution is -2.58. The molecule has 4 rings (SSSR count). The molecule has 174 valence electrons. The zero-order valence-electron chi connectivity index (χ0n) is 20.0. The normalized spacial score (nSPS) is 50.3. The van der Waals surface area contributed by atoms with Crippen molar-refractivity contribution >= 4 is 0 Å². The third-order valence-corrected chi connectivity index (χ3v) is 11.1. The maximum Gasteiger partial charge on any atom is 0.0577 e. The van der Waals surface area contributed by atoms with Gasteiger partial charge in [0.25, 0.3) is 0 Å². The Morgan fingerprint density at radius 2 is 1.57 bits per heavy atom. The summed E-state index contributed by atoms with van der Waals surface area (Å²) in [4.78, 5) is 0. The van der Waals surface area contributed by atoms with Crippen LogP contribution in [0.2, 0.25) is 0 Å². The summed E-state index contributed by atoms with van der Waals surface area (Å²) in [5.74, 6) is 4.28. The van der Waals surface area contributed by atoms with Crippen LogP contribution in [0, 0.1) is 52.3 Å². The maximum atomic E-state index is 11.4. The Labute approximate surface area is 185 Å². The van der Waals surface area contributed by atoms with E-state index >= 15 is 0 Å². The molecular weight excluding hydrogens is 372 g/mol. The van der Waals surface area contributed by atoms with Crippen LogP contribution < -0.4 is 0 Å². The summed E-state index contributed by atoms with van der Waals surface area (Å²) >= 11 is 0. The molecule has 0 spiro atoms. The Morgan fingerprint density at radius 1 is 0.867 bits per heavy atom. The summed E-state index contributed by atoms with van der Waals surface area (Å²) in [7, 11) is 0. The van der Waals surface area contributed by atoms with Crippen molar-refractivity contribution in [1.29, 1.82) is 0 Å². The quantitative estimate of drug-likeness (QED) is 0.538. The molecule has 0 aromatic rings. The van der Waals surface area contributed by atoms with Crippen molar-refractivity contribution in [3.05, 3.63) is 0 Å². The second kappa shape index (κ2) is 8.67. The Bertz CT molecular complexity index is 593. The number of rotatable bonds is 6. The van der Waals surface area contributed by atoms with Crippen molar-refractivity contribution < 1.29 is 15.3 Å². The predicted molar refractivity (Wildman–Crippen MR) is 122 cm³/mol. The fraction of sp³-hybridized carbons (Fsp3) is 1.00. The van der Waals surface area contributed by atoms with Gasteiger partial charge in [0.05, 0.1) is 12.2 Å². The van der Waals surface area contributed by atoms with Crippen LogP contribution >= 0.6 is 0 Å². The molecule has 9 unspecified atom stereocenters. The van der Waals surface area contributed by atoms with Gasteiger partial charge < -0.3 is 15.3 Å². The molecule has 0 aliphatic heterocycles. The van der Waals surface area contributed by atoms with Gasteiger partial charge in [-0.05, 0) is 110 Å². The van der Waals surface area contributed by atoms with Crippen molar-refractivity contribution in [2.75, 3.05) is 6.61 Å². The smallest absolute Gasteiger partial charge is 0.0577 e. The van der Waals surface area contributed by atoms with Crippen LogP contribution in [-0.4, -0.2) is 34.1 Å². The van der Waals surface area contributed by atoms with Crippen LogP contribution in [0.1, 0.15) is 98.3 Å². The summed E-state index contributed by atoms with van der Waals surface area (Å²) < 4.78 is 0. The van der Waals surface area contributed by atoms with Gasteiger partial charge in [-0.3, -0.25) is 0 Å². The summed E-state index contributed by atoms with van der Waals surface area (Å²) in [5.41, 5.74) is 0.718. The average molecular weight is 421 g/mol. The van der Waals surface area contributed by atoms with E-state index in [4.69, 9.17) is 0 Å². The fourth-order valence-corrected chi connectivity index (χ4v) is 9.26. The minimum absolute atomic E-state index is 0.147. The van der Waals surface area contributed by atoms with Crippen LogP contribution in [0.15, 0.2) is 0 Å². The topological polar surface area (TPSA) is 60.7 Å². The molecule has 3 heteroatoms. The number of hydrogen-bond acceptors (Lipinski definition) is 3. The zero-order chi connectivity index (χ0) is 21.7. The molecule has 30 heavy (non-hydrogen) atoms. The Balaban J connectivity index is 1.47. The van der Waals surface area contributed by atoms with Gasteiger partial charge in [-0.15, -0.1) is 0 Å². The van der Waals surface area contributed by atoms with Gasteiger partial charge in [0.2, 0.25) is 0 Å². The average Bonchev–Trinajstić information content (AvgIpc) is 3.06. The van der Waals surface area contributed by atoms with Gasteiger partial charge in [0.15, 0.2) is 0 Å². The van der Waals surface area contributed by atoms with Crippen molar-refractivity contribution in [3.8, 4) is 0 Å². The van der Waals surface area contributed by atoms with E-state index in [1.807, 2.05) is 0 Å². The number of hydrogen-bond donors (Lipinski definition) is 3. The van der Waals surface area contributed by atoms with E-state index in [1.165, 1.54) is 38.5 Å². The van der Waals surface area contributed by atoms with Gasteiger partial charge in [-0.1, -0.05) is 40.5 Å². The molecule has 3 nitrogen and oxygen atoms in total. The first kappa shape index (κ1) is 23.1. The number of aliphatic hydroxyl groups is 3. The molecule has 0 saturated heterocycles. The summed E-state index contributed by atoms with van der Waals surface area (Å²) in [6.45, 7) is 10.0. The molecule has 11 atom stereocenters. The molecule has 0 radical (unpaired) electrons. The minimum Gasteiger partial charge on any atom is -0.396 e. The molecule has 4 aliphatic rings. The van der Waals surface area contributed by atoms with E-state index < -0.39 is 0 Å². The van der Waals surface area contributed by atoms with Gasteiger partial charge in [-0.25, -0.2) is 0 Å². The van der Waals surface area contributed by atoms with Gasteiger partial charge in [0.1, 0.15) is 0 Å². The highest BCUT2D eigenvalue weighted by Gasteiger charge is 2.62. The predicted octanol–water partition coefficient (Wildman–Crippen LogP) is 5.41.